The molecule has 4 nitrogen and oxygen atoms in total. The van der Waals surface area contributed by atoms with Crippen molar-refractivity contribution in [2.45, 2.75) is 42.6 Å². The number of aliphatic hydroxyl groups is 2. The molecule has 0 saturated heterocycles. The van der Waals surface area contributed by atoms with Crippen LogP contribution >= 0.6 is 0 Å². The summed E-state index contributed by atoms with van der Waals surface area (Å²) in [5.41, 5.74) is 10.2. The fourth-order valence-corrected chi connectivity index (χ4v) is 7.81. The molecule has 0 amide bonds. The molecule has 3 aromatic rings. The van der Waals surface area contributed by atoms with Crippen molar-refractivity contribution >= 4 is 22.2 Å². The van der Waals surface area contributed by atoms with Crippen LogP contribution in [0, 0.1) is 0 Å². The highest BCUT2D eigenvalue weighted by atomic mass is 16.3. The molecule has 40 heavy (non-hydrogen) atoms. The van der Waals surface area contributed by atoms with Gasteiger partial charge in [-0.2, -0.15) is 0 Å². The molecule has 4 heteroatoms. The molecular weight excluding hydrogens is 492 g/mol. The summed E-state index contributed by atoms with van der Waals surface area (Å²) in [6.07, 6.45) is 18.8. The number of hydrogen-bond acceptors (Lipinski definition) is 4. The van der Waals surface area contributed by atoms with Crippen LogP contribution in [0.3, 0.4) is 0 Å². The lowest BCUT2D eigenvalue weighted by Crippen LogP contribution is -2.38. The Morgan fingerprint density at radius 1 is 0.875 bits per heavy atom. The van der Waals surface area contributed by atoms with Crippen molar-refractivity contribution in [3.05, 3.63) is 136 Å². The first-order chi connectivity index (χ1) is 19.7. The number of rotatable bonds is 5. The van der Waals surface area contributed by atoms with Gasteiger partial charge in [-0.05, 0) is 65.7 Å². The molecule has 4 aliphatic carbocycles. The molecule has 3 N–H and O–H groups in total. The minimum Gasteiger partial charge on any atom is -0.395 e. The highest BCUT2D eigenvalue weighted by molar-refractivity contribution is 5.93. The molecule has 0 saturated carbocycles. The summed E-state index contributed by atoms with van der Waals surface area (Å²) in [7, 11) is 0. The molecule has 8 rings (SSSR count). The van der Waals surface area contributed by atoms with E-state index in [0.717, 1.165) is 51.8 Å². The number of para-hydroxylation sites is 1. The van der Waals surface area contributed by atoms with Crippen molar-refractivity contribution in [1.82, 2.24) is 10.3 Å². The van der Waals surface area contributed by atoms with Crippen LogP contribution in [-0.4, -0.2) is 34.5 Å². The van der Waals surface area contributed by atoms with Gasteiger partial charge >= 0.3 is 0 Å². The molecule has 0 radical (unpaired) electrons. The van der Waals surface area contributed by atoms with Crippen LogP contribution in [0.1, 0.15) is 48.1 Å². The average molecular weight is 525 g/mol. The van der Waals surface area contributed by atoms with E-state index in [4.69, 9.17) is 4.98 Å². The first-order valence-electron chi connectivity index (χ1n) is 14.4. The predicted octanol–water partition coefficient (Wildman–Crippen LogP) is 6.04. The van der Waals surface area contributed by atoms with E-state index in [-0.39, 0.29) is 19.3 Å². The second kappa shape index (κ2) is 8.76. The van der Waals surface area contributed by atoms with Crippen molar-refractivity contribution in [3.63, 3.8) is 0 Å². The largest absolute Gasteiger partial charge is 0.395 e. The molecule has 0 fully saturated rings. The summed E-state index contributed by atoms with van der Waals surface area (Å²) in [6.45, 7) is 0.0117. The molecule has 2 heterocycles. The number of hydrogen-bond donors (Lipinski definition) is 3. The molecular formula is C36H32N2O2. The minimum absolute atomic E-state index is 0.00457. The molecule has 5 aliphatic rings. The SMILES string of the molecule is OCC1(CCC2(CO)C3=CCCC=C3c3nc4ccccc4cc32)C2=C(NC3C=CC=CC3=C2)c2ccccc21. The maximum Gasteiger partial charge on any atom is 0.0751 e. The average Bonchev–Trinajstić information content (AvgIpc) is 3.44. The van der Waals surface area contributed by atoms with Gasteiger partial charge in [0, 0.05) is 33.0 Å². The molecule has 1 aliphatic heterocycles. The van der Waals surface area contributed by atoms with E-state index in [2.05, 4.69) is 90.3 Å². The summed E-state index contributed by atoms with van der Waals surface area (Å²) in [5.74, 6) is 0. The van der Waals surface area contributed by atoms with E-state index in [0.29, 0.717) is 12.8 Å². The van der Waals surface area contributed by atoms with Gasteiger partial charge in [0.15, 0.2) is 0 Å². The third-order valence-electron chi connectivity index (χ3n) is 9.85. The lowest BCUT2D eigenvalue weighted by molar-refractivity contribution is 0.176. The van der Waals surface area contributed by atoms with Crippen LogP contribution in [0.4, 0.5) is 0 Å². The highest BCUT2D eigenvalue weighted by Gasteiger charge is 2.51. The van der Waals surface area contributed by atoms with E-state index in [1.807, 2.05) is 12.1 Å². The van der Waals surface area contributed by atoms with Gasteiger partial charge in [-0.3, -0.25) is 0 Å². The van der Waals surface area contributed by atoms with Gasteiger partial charge < -0.3 is 15.5 Å². The fraction of sp³-hybridized carbons (Fsp3) is 0.250. The second-order valence-corrected chi connectivity index (χ2v) is 11.7. The van der Waals surface area contributed by atoms with Crippen LogP contribution < -0.4 is 5.32 Å². The van der Waals surface area contributed by atoms with Gasteiger partial charge in [0.2, 0.25) is 0 Å². The van der Waals surface area contributed by atoms with Crippen LogP contribution in [0.5, 0.6) is 0 Å². The highest BCUT2D eigenvalue weighted by Crippen LogP contribution is 2.57. The standard InChI is InChI=1S/C36H32N2O2/c39-21-35(27-13-5-3-11-25(27)33-29(35)19-23-9-1-7-15-31(23)37-33)17-18-36(22-40)28-14-6-4-12-26(28)34-30(36)20-24-10-2-8-16-32(24)38-34/h1-3,5,7-16,19-20,31,37,39-40H,4,6,17-18,21-22H2. The predicted molar refractivity (Wildman–Crippen MR) is 160 cm³/mol. The van der Waals surface area contributed by atoms with Crippen LogP contribution in [-0.2, 0) is 10.8 Å². The van der Waals surface area contributed by atoms with E-state index in [1.54, 1.807) is 0 Å². The number of pyridine rings is 1. The van der Waals surface area contributed by atoms with Crippen molar-refractivity contribution in [2.75, 3.05) is 13.2 Å². The Kier molecular flexibility index (Phi) is 5.22. The summed E-state index contributed by atoms with van der Waals surface area (Å²) >= 11 is 0. The summed E-state index contributed by atoms with van der Waals surface area (Å²) in [4.78, 5) is 5.13. The van der Waals surface area contributed by atoms with Crippen LogP contribution in [0.15, 0.2) is 114 Å². The van der Waals surface area contributed by atoms with Gasteiger partial charge in [-0.25, -0.2) is 4.98 Å². The number of aliphatic hydroxyl groups excluding tert-OH is 2. The van der Waals surface area contributed by atoms with Crippen molar-refractivity contribution < 1.29 is 10.2 Å². The van der Waals surface area contributed by atoms with Gasteiger partial charge in [-0.1, -0.05) is 85.0 Å². The quantitative estimate of drug-likeness (QED) is 0.381. The zero-order chi connectivity index (χ0) is 26.9. The van der Waals surface area contributed by atoms with E-state index in [9.17, 15) is 10.2 Å². The van der Waals surface area contributed by atoms with Gasteiger partial charge in [0.1, 0.15) is 0 Å². The first-order valence-corrected chi connectivity index (χ1v) is 14.4. The zero-order valence-corrected chi connectivity index (χ0v) is 22.4. The number of fused-ring (bicyclic) bond motifs is 7. The van der Waals surface area contributed by atoms with Gasteiger partial charge in [0.05, 0.1) is 30.5 Å². The maximum atomic E-state index is 11.3. The number of aromatic nitrogens is 1. The molecule has 0 spiro atoms. The third-order valence-corrected chi connectivity index (χ3v) is 9.85. The Morgan fingerprint density at radius 3 is 2.58 bits per heavy atom. The Bertz CT molecular complexity index is 1770. The smallest absolute Gasteiger partial charge is 0.0751 e. The first kappa shape index (κ1) is 23.9. The molecule has 1 aromatic heterocycles. The van der Waals surface area contributed by atoms with Crippen molar-refractivity contribution in [2.24, 2.45) is 0 Å². The van der Waals surface area contributed by atoms with Crippen LogP contribution in [0.25, 0.3) is 22.2 Å². The summed E-state index contributed by atoms with van der Waals surface area (Å²) in [6, 6.07) is 19.1. The van der Waals surface area contributed by atoms with Crippen LogP contribution in [0.2, 0.25) is 0 Å². The zero-order valence-electron chi connectivity index (χ0n) is 22.4. The Hall–Kier alpha value is -3.99. The summed E-state index contributed by atoms with van der Waals surface area (Å²) in [5, 5.41) is 27.4. The topological polar surface area (TPSA) is 65.4 Å². The number of nitrogens with zero attached hydrogens (tertiary/aromatic N) is 1. The Balaban J connectivity index is 1.28. The Morgan fingerprint density at radius 2 is 1.68 bits per heavy atom. The third kappa shape index (κ3) is 3.12. The van der Waals surface area contributed by atoms with E-state index >= 15 is 0 Å². The fourth-order valence-electron chi connectivity index (χ4n) is 7.81. The van der Waals surface area contributed by atoms with Crippen molar-refractivity contribution in [3.8, 4) is 0 Å². The molecule has 3 atom stereocenters. The lowest BCUT2D eigenvalue weighted by Gasteiger charge is -2.38. The van der Waals surface area contributed by atoms with Gasteiger partial charge in [-0.15, -0.1) is 0 Å². The molecule has 2 aromatic carbocycles. The Labute approximate surface area is 234 Å². The van der Waals surface area contributed by atoms with E-state index in [1.165, 1.54) is 22.3 Å². The minimum atomic E-state index is -0.569. The number of nitrogens with one attached hydrogen (secondary N) is 1. The number of allylic oxidation sites excluding steroid dienone is 6. The monoisotopic (exact) mass is 524 g/mol. The number of dihydropyridines is 1. The normalized spacial score (nSPS) is 27.2. The molecule has 0 bridgehead atoms. The molecule has 198 valence electrons. The number of benzene rings is 2. The van der Waals surface area contributed by atoms with Crippen molar-refractivity contribution in [1.29, 1.82) is 0 Å². The summed E-state index contributed by atoms with van der Waals surface area (Å²) < 4.78 is 0. The maximum absolute atomic E-state index is 11.3. The molecule has 3 unspecified atom stereocenters. The van der Waals surface area contributed by atoms with E-state index < -0.39 is 10.8 Å². The second-order valence-electron chi connectivity index (χ2n) is 11.7. The lowest BCUT2D eigenvalue weighted by atomic mass is 9.66. The van der Waals surface area contributed by atoms with Gasteiger partial charge in [0.25, 0.3) is 0 Å².